The van der Waals surface area contributed by atoms with E-state index >= 15 is 0 Å². The van der Waals surface area contributed by atoms with E-state index < -0.39 is 0 Å². The maximum atomic E-state index is 13.1. The highest BCUT2D eigenvalue weighted by molar-refractivity contribution is 9.10. The minimum Gasteiger partial charge on any atom is -0.296 e. The Bertz CT molecular complexity index is 643. The fourth-order valence-electron chi connectivity index (χ4n) is 2.01. The molecule has 0 saturated heterocycles. The van der Waals surface area contributed by atoms with Gasteiger partial charge in [0.05, 0.1) is 11.0 Å². The van der Waals surface area contributed by atoms with Gasteiger partial charge in [0.25, 0.3) is 0 Å². The minimum atomic E-state index is -0.290. The van der Waals surface area contributed by atoms with Gasteiger partial charge in [-0.3, -0.25) is 9.13 Å². The Morgan fingerprint density at radius 1 is 1.33 bits per heavy atom. The van der Waals surface area contributed by atoms with E-state index in [1.165, 1.54) is 6.07 Å². The van der Waals surface area contributed by atoms with Gasteiger partial charge in [0.2, 0.25) is 0 Å². The number of rotatable bonds is 3. The second-order valence-electron chi connectivity index (χ2n) is 4.60. The van der Waals surface area contributed by atoms with E-state index in [1.54, 1.807) is 27.5 Å². The van der Waals surface area contributed by atoms with Gasteiger partial charge in [0.1, 0.15) is 5.82 Å². The van der Waals surface area contributed by atoms with Crippen LogP contribution in [0.1, 0.15) is 24.4 Å². The van der Waals surface area contributed by atoms with Crippen LogP contribution < -0.4 is 5.69 Å². The van der Waals surface area contributed by atoms with Crippen molar-refractivity contribution in [3.63, 3.8) is 0 Å². The number of benzene rings is 1. The number of aromatic nitrogens is 2. The Morgan fingerprint density at radius 3 is 2.78 bits per heavy atom. The SMILES string of the molecule is O=c1n(Cc2ccc(F)c(Br)c2)ccn1C1CC1. The largest absolute Gasteiger partial charge is 0.328 e. The summed E-state index contributed by atoms with van der Waals surface area (Å²) in [5, 5.41) is 0. The summed E-state index contributed by atoms with van der Waals surface area (Å²) in [7, 11) is 0. The fraction of sp³-hybridized carbons (Fsp3) is 0.308. The van der Waals surface area contributed by atoms with Crippen LogP contribution in [0, 0.1) is 5.82 Å². The molecule has 1 aliphatic carbocycles. The molecule has 18 heavy (non-hydrogen) atoms. The second-order valence-corrected chi connectivity index (χ2v) is 5.45. The van der Waals surface area contributed by atoms with Crippen molar-refractivity contribution in [2.75, 3.05) is 0 Å². The van der Waals surface area contributed by atoms with Gasteiger partial charge in [0.15, 0.2) is 0 Å². The van der Waals surface area contributed by atoms with Crippen molar-refractivity contribution >= 4 is 15.9 Å². The summed E-state index contributed by atoms with van der Waals surface area (Å²) >= 11 is 3.15. The molecule has 94 valence electrons. The Balaban J connectivity index is 1.87. The van der Waals surface area contributed by atoms with E-state index in [-0.39, 0.29) is 11.5 Å². The van der Waals surface area contributed by atoms with E-state index in [2.05, 4.69) is 15.9 Å². The molecule has 0 bridgehead atoms. The predicted molar refractivity (Wildman–Crippen MR) is 70.2 cm³/mol. The summed E-state index contributed by atoms with van der Waals surface area (Å²) in [5.74, 6) is -0.290. The Kier molecular flexibility index (Phi) is 2.86. The summed E-state index contributed by atoms with van der Waals surface area (Å²) < 4.78 is 17.0. The first kappa shape index (κ1) is 11.7. The lowest BCUT2D eigenvalue weighted by molar-refractivity contribution is 0.618. The second kappa shape index (κ2) is 4.39. The average Bonchev–Trinajstić information content (AvgIpc) is 3.12. The van der Waals surface area contributed by atoms with Crippen molar-refractivity contribution in [2.45, 2.75) is 25.4 Å². The Labute approximate surface area is 112 Å². The molecule has 5 heteroatoms. The highest BCUT2D eigenvalue weighted by Gasteiger charge is 2.25. The standard InChI is InChI=1S/C13H12BrFN2O/c14-11-7-9(1-4-12(11)15)8-16-5-6-17(13(16)18)10-2-3-10/h1,4-7,10H,2-3,8H2. The van der Waals surface area contributed by atoms with Crippen molar-refractivity contribution in [2.24, 2.45) is 0 Å². The Hall–Kier alpha value is -1.36. The van der Waals surface area contributed by atoms with E-state index in [4.69, 9.17) is 0 Å². The van der Waals surface area contributed by atoms with Crippen LogP contribution in [-0.4, -0.2) is 9.13 Å². The lowest BCUT2D eigenvalue weighted by Crippen LogP contribution is -2.23. The summed E-state index contributed by atoms with van der Waals surface area (Å²) in [5.41, 5.74) is 0.914. The van der Waals surface area contributed by atoms with Crippen LogP contribution in [0.2, 0.25) is 0 Å². The molecule has 1 heterocycles. The molecule has 3 rings (SSSR count). The van der Waals surface area contributed by atoms with Crippen LogP contribution in [-0.2, 0) is 6.54 Å². The molecule has 1 fully saturated rings. The molecule has 0 unspecified atom stereocenters. The molecule has 0 spiro atoms. The van der Waals surface area contributed by atoms with E-state index in [0.29, 0.717) is 17.1 Å². The van der Waals surface area contributed by atoms with Gasteiger partial charge in [-0.2, -0.15) is 0 Å². The molecule has 1 aliphatic rings. The van der Waals surface area contributed by atoms with Crippen molar-refractivity contribution in [1.82, 2.24) is 9.13 Å². The van der Waals surface area contributed by atoms with Crippen molar-refractivity contribution in [3.8, 4) is 0 Å². The maximum Gasteiger partial charge on any atom is 0.328 e. The summed E-state index contributed by atoms with van der Waals surface area (Å²) in [6.45, 7) is 0.470. The third-order valence-electron chi connectivity index (χ3n) is 3.15. The van der Waals surface area contributed by atoms with Gasteiger partial charge in [-0.1, -0.05) is 6.07 Å². The monoisotopic (exact) mass is 310 g/mol. The fourth-order valence-corrected chi connectivity index (χ4v) is 2.44. The summed E-state index contributed by atoms with van der Waals surface area (Å²) in [6.07, 6.45) is 5.80. The molecule has 2 aromatic rings. The highest BCUT2D eigenvalue weighted by atomic mass is 79.9. The van der Waals surface area contributed by atoms with Crippen molar-refractivity contribution < 1.29 is 4.39 Å². The van der Waals surface area contributed by atoms with E-state index in [0.717, 1.165) is 18.4 Å². The number of halogens is 2. The van der Waals surface area contributed by atoms with Gasteiger partial charge >= 0.3 is 5.69 Å². The molecule has 1 saturated carbocycles. The van der Waals surface area contributed by atoms with Gasteiger partial charge in [-0.15, -0.1) is 0 Å². The molecule has 1 aromatic heterocycles. The van der Waals surface area contributed by atoms with Gasteiger partial charge < -0.3 is 0 Å². The van der Waals surface area contributed by atoms with Crippen LogP contribution in [0.4, 0.5) is 4.39 Å². The van der Waals surface area contributed by atoms with E-state index in [1.807, 2.05) is 6.20 Å². The predicted octanol–water partition coefficient (Wildman–Crippen LogP) is 2.93. The molecule has 3 nitrogen and oxygen atoms in total. The zero-order chi connectivity index (χ0) is 12.7. The number of nitrogens with zero attached hydrogens (tertiary/aromatic N) is 2. The number of hydrogen-bond donors (Lipinski definition) is 0. The molecular weight excluding hydrogens is 299 g/mol. The third kappa shape index (κ3) is 2.14. The van der Waals surface area contributed by atoms with Crippen molar-refractivity contribution in [3.05, 3.63) is 56.9 Å². The summed E-state index contributed by atoms with van der Waals surface area (Å²) in [6, 6.07) is 5.19. The molecule has 0 radical (unpaired) electrons. The summed E-state index contributed by atoms with van der Waals surface area (Å²) in [4.78, 5) is 12.0. The first-order chi connectivity index (χ1) is 8.65. The van der Waals surface area contributed by atoms with Gasteiger partial charge in [-0.05, 0) is 46.5 Å². The molecule has 0 atom stereocenters. The zero-order valence-electron chi connectivity index (χ0n) is 9.64. The van der Waals surface area contributed by atoms with Gasteiger partial charge in [0, 0.05) is 18.4 Å². The average molecular weight is 311 g/mol. The maximum absolute atomic E-state index is 13.1. The van der Waals surface area contributed by atoms with Crippen LogP contribution in [0.25, 0.3) is 0 Å². The number of imidazole rings is 1. The molecule has 0 N–H and O–H groups in total. The first-order valence-electron chi connectivity index (χ1n) is 5.86. The van der Waals surface area contributed by atoms with Crippen LogP contribution in [0.15, 0.2) is 39.9 Å². The lowest BCUT2D eigenvalue weighted by atomic mass is 10.2. The lowest BCUT2D eigenvalue weighted by Gasteiger charge is -2.03. The van der Waals surface area contributed by atoms with Crippen LogP contribution >= 0.6 is 15.9 Å². The van der Waals surface area contributed by atoms with Crippen molar-refractivity contribution in [1.29, 1.82) is 0 Å². The number of hydrogen-bond acceptors (Lipinski definition) is 1. The molecule has 0 amide bonds. The third-order valence-corrected chi connectivity index (χ3v) is 3.76. The topological polar surface area (TPSA) is 26.9 Å². The quantitative estimate of drug-likeness (QED) is 0.856. The normalized spacial score (nSPS) is 15.0. The molecule has 1 aromatic carbocycles. The zero-order valence-corrected chi connectivity index (χ0v) is 11.2. The smallest absolute Gasteiger partial charge is 0.296 e. The Morgan fingerprint density at radius 2 is 2.11 bits per heavy atom. The van der Waals surface area contributed by atoms with E-state index in [9.17, 15) is 9.18 Å². The van der Waals surface area contributed by atoms with Crippen LogP contribution in [0.3, 0.4) is 0 Å². The van der Waals surface area contributed by atoms with Gasteiger partial charge in [-0.25, -0.2) is 9.18 Å². The molecular formula is C13H12BrFN2O. The first-order valence-corrected chi connectivity index (χ1v) is 6.65. The molecule has 0 aliphatic heterocycles. The minimum absolute atomic E-state index is 0.0120. The highest BCUT2D eigenvalue weighted by Crippen LogP contribution is 2.33. The van der Waals surface area contributed by atoms with Crippen LogP contribution in [0.5, 0.6) is 0 Å².